The molecular weight excluding hydrogens is 427 g/mol. The van der Waals surface area contributed by atoms with E-state index < -0.39 is 0 Å². The summed E-state index contributed by atoms with van der Waals surface area (Å²) >= 11 is 1.50. The van der Waals surface area contributed by atoms with Gasteiger partial charge in [-0.3, -0.25) is 4.79 Å². The molecule has 0 bridgehead atoms. The van der Waals surface area contributed by atoms with Crippen LogP contribution in [0.3, 0.4) is 0 Å². The van der Waals surface area contributed by atoms with Gasteiger partial charge in [0.15, 0.2) is 0 Å². The number of amides is 1. The first-order chi connectivity index (χ1) is 15.6. The minimum atomic E-state index is -0.271. The Morgan fingerprint density at radius 2 is 2.16 bits per heavy atom. The molecule has 2 aromatic heterocycles. The van der Waals surface area contributed by atoms with Gasteiger partial charge in [0.2, 0.25) is 5.91 Å². The number of aromatic nitrogens is 2. The fraction of sp³-hybridized carbons (Fsp3) is 0.292. The second-order valence-electron chi connectivity index (χ2n) is 7.94. The first-order valence-electron chi connectivity index (χ1n) is 10.6. The average Bonchev–Trinajstić information content (AvgIpc) is 3.23. The van der Waals surface area contributed by atoms with E-state index in [0.717, 1.165) is 45.9 Å². The Kier molecular flexibility index (Phi) is 5.61. The number of anilines is 1. The molecule has 0 saturated carbocycles. The SMILES string of the molecule is COc1cccc(CNC(=O)[C@H]2CCCN(c3ncnc4c3sc3cccc(F)c34)C2)c1. The highest BCUT2D eigenvalue weighted by molar-refractivity contribution is 7.26. The van der Waals surface area contributed by atoms with Crippen LogP contribution in [0.2, 0.25) is 0 Å². The van der Waals surface area contributed by atoms with Crippen LogP contribution in [0.5, 0.6) is 5.75 Å². The fourth-order valence-corrected chi connectivity index (χ4v) is 5.48. The van der Waals surface area contributed by atoms with E-state index in [-0.39, 0.29) is 17.6 Å². The number of carbonyl (C=O) groups is 1. The first kappa shape index (κ1) is 20.6. The third-order valence-electron chi connectivity index (χ3n) is 5.90. The lowest BCUT2D eigenvalue weighted by atomic mass is 9.97. The smallest absolute Gasteiger partial charge is 0.225 e. The van der Waals surface area contributed by atoms with Crippen molar-refractivity contribution < 1.29 is 13.9 Å². The average molecular weight is 451 g/mol. The number of carbonyl (C=O) groups excluding carboxylic acids is 1. The summed E-state index contributed by atoms with van der Waals surface area (Å²) < 4.78 is 21.4. The quantitative estimate of drug-likeness (QED) is 0.484. The zero-order chi connectivity index (χ0) is 22.1. The van der Waals surface area contributed by atoms with Gasteiger partial charge in [-0.25, -0.2) is 14.4 Å². The summed E-state index contributed by atoms with van der Waals surface area (Å²) in [7, 11) is 1.63. The van der Waals surface area contributed by atoms with E-state index in [1.54, 1.807) is 13.2 Å². The molecule has 2 aromatic carbocycles. The van der Waals surface area contributed by atoms with Crippen molar-refractivity contribution in [2.45, 2.75) is 19.4 Å². The second-order valence-corrected chi connectivity index (χ2v) is 9.00. The monoisotopic (exact) mass is 450 g/mol. The maximum absolute atomic E-state index is 14.4. The van der Waals surface area contributed by atoms with Crippen LogP contribution in [-0.2, 0) is 11.3 Å². The van der Waals surface area contributed by atoms with Gasteiger partial charge in [0.1, 0.15) is 23.7 Å². The number of hydrogen-bond donors (Lipinski definition) is 1. The Bertz CT molecular complexity index is 1290. The van der Waals surface area contributed by atoms with Gasteiger partial charge >= 0.3 is 0 Å². The Balaban J connectivity index is 1.34. The molecule has 1 aliphatic heterocycles. The number of nitrogens with one attached hydrogen (secondary N) is 1. The van der Waals surface area contributed by atoms with Crippen LogP contribution in [0.25, 0.3) is 20.3 Å². The third-order valence-corrected chi connectivity index (χ3v) is 7.04. The van der Waals surface area contributed by atoms with Crippen molar-refractivity contribution in [3.05, 3.63) is 60.2 Å². The number of benzene rings is 2. The summed E-state index contributed by atoms with van der Waals surface area (Å²) in [5, 5.41) is 3.60. The Morgan fingerprint density at radius 1 is 1.28 bits per heavy atom. The number of halogens is 1. The molecule has 1 saturated heterocycles. The number of fused-ring (bicyclic) bond motifs is 3. The van der Waals surface area contributed by atoms with Crippen molar-refractivity contribution in [1.82, 2.24) is 15.3 Å². The lowest BCUT2D eigenvalue weighted by Crippen LogP contribution is -2.43. The van der Waals surface area contributed by atoms with Crippen LogP contribution >= 0.6 is 11.3 Å². The summed E-state index contributed by atoms with van der Waals surface area (Å²) in [6, 6.07) is 12.8. The van der Waals surface area contributed by atoms with E-state index in [9.17, 15) is 9.18 Å². The first-order valence-corrected chi connectivity index (χ1v) is 11.4. The molecule has 5 rings (SSSR count). The van der Waals surface area contributed by atoms with Crippen molar-refractivity contribution in [3.8, 4) is 5.75 Å². The number of rotatable bonds is 5. The highest BCUT2D eigenvalue weighted by atomic mass is 32.1. The molecule has 32 heavy (non-hydrogen) atoms. The van der Waals surface area contributed by atoms with Crippen molar-refractivity contribution in [2.24, 2.45) is 5.92 Å². The normalized spacial score (nSPS) is 16.4. The van der Waals surface area contributed by atoms with E-state index >= 15 is 0 Å². The molecule has 0 unspecified atom stereocenters. The summed E-state index contributed by atoms with van der Waals surface area (Å²) in [6.07, 6.45) is 3.21. The van der Waals surface area contributed by atoms with Crippen molar-refractivity contribution in [2.75, 3.05) is 25.1 Å². The van der Waals surface area contributed by atoms with Gasteiger partial charge in [-0.15, -0.1) is 11.3 Å². The standard InChI is InChI=1S/C24H23FN4O2S/c1-31-17-7-2-5-15(11-17)12-26-24(30)16-6-4-10-29(13-16)23-22-21(27-14-28-23)20-18(25)8-3-9-19(20)32-22/h2-3,5,7-9,11,14,16H,4,6,10,12-13H2,1H3,(H,26,30)/t16-/m0/s1. The van der Waals surface area contributed by atoms with Crippen LogP contribution in [0.4, 0.5) is 10.2 Å². The number of piperidine rings is 1. The largest absolute Gasteiger partial charge is 0.497 e. The second kappa shape index (κ2) is 8.70. The Labute approximate surface area is 189 Å². The van der Waals surface area contributed by atoms with Gasteiger partial charge in [-0.1, -0.05) is 18.2 Å². The highest BCUT2D eigenvalue weighted by Gasteiger charge is 2.28. The zero-order valence-corrected chi connectivity index (χ0v) is 18.5. The van der Waals surface area contributed by atoms with E-state index in [4.69, 9.17) is 4.74 Å². The summed E-state index contributed by atoms with van der Waals surface area (Å²) in [6.45, 7) is 1.84. The lowest BCUT2D eigenvalue weighted by Gasteiger charge is -2.33. The predicted octanol–water partition coefficient (Wildman–Crippen LogP) is 4.53. The highest BCUT2D eigenvalue weighted by Crippen LogP contribution is 2.39. The third kappa shape index (κ3) is 3.86. The van der Waals surface area contributed by atoms with E-state index in [2.05, 4.69) is 20.2 Å². The summed E-state index contributed by atoms with van der Waals surface area (Å²) in [4.78, 5) is 23.9. The van der Waals surface area contributed by atoms with E-state index in [1.165, 1.54) is 23.7 Å². The summed E-state index contributed by atoms with van der Waals surface area (Å²) in [5.74, 6) is 1.18. The van der Waals surface area contributed by atoms with Gasteiger partial charge in [-0.05, 0) is 42.7 Å². The molecule has 0 radical (unpaired) electrons. The molecule has 0 spiro atoms. The van der Waals surface area contributed by atoms with Gasteiger partial charge in [0.25, 0.3) is 0 Å². The van der Waals surface area contributed by atoms with Gasteiger partial charge in [0.05, 0.1) is 28.6 Å². The number of hydrogen-bond acceptors (Lipinski definition) is 6. The number of ether oxygens (including phenoxy) is 1. The van der Waals surface area contributed by atoms with E-state index in [0.29, 0.717) is 24.0 Å². The fourth-order valence-electron chi connectivity index (χ4n) is 4.29. The van der Waals surface area contributed by atoms with Gasteiger partial charge in [0, 0.05) is 24.3 Å². The maximum atomic E-state index is 14.4. The van der Waals surface area contributed by atoms with Crippen LogP contribution in [-0.4, -0.2) is 36.1 Å². The van der Waals surface area contributed by atoms with Crippen LogP contribution in [0, 0.1) is 11.7 Å². The molecule has 8 heteroatoms. The molecule has 1 amide bonds. The van der Waals surface area contributed by atoms with Crippen molar-refractivity contribution >= 4 is 43.4 Å². The Hall–Kier alpha value is -3.26. The molecule has 3 heterocycles. The van der Waals surface area contributed by atoms with Crippen LogP contribution in [0.15, 0.2) is 48.8 Å². The molecule has 1 aliphatic rings. The molecule has 1 N–H and O–H groups in total. The minimum absolute atomic E-state index is 0.0326. The van der Waals surface area contributed by atoms with Gasteiger partial charge in [-0.2, -0.15) is 0 Å². The van der Waals surface area contributed by atoms with Crippen molar-refractivity contribution in [3.63, 3.8) is 0 Å². The lowest BCUT2D eigenvalue weighted by molar-refractivity contribution is -0.125. The topological polar surface area (TPSA) is 67.3 Å². The Morgan fingerprint density at radius 3 is 3.03 bits per heavy atom. The number of nitrogens with zero attached hydrogens (tertiary/aromatic N) is 3. The molecule has 0 aliphatic carbocycles. The molecule has 6 nitrogen and oxygen atoms in total. The molecular formula is C24H23FN4O2S. The molecule has 1 atom stereocenters. The van der Waals surface area contributed by atoms with Gasteiger partial charge < -0.3 is 15.0 Å². The molecule has 1 fully saturated rings. The van der Waals surface area contributed by atoms with Crippen molar-refractivity contribution in [1.29, 1.82) is 0 Å². The zero-order valence-electron chi connectivity index (χ0n) is 17.7. The van der Waals surface area contributed by atoms with E-state index in [1.807, 2.05) is 30.3 Å². The van der Waals surface area contributed by atoms with Crippen LogP contribution in [0.1, 0.15) is 18.4 Å². The summed E-state index contributed by atoms with van der Waals surface area (Å²) in [5.41, 5.74) is 1.63. The molecule has 164 valence electrons. The minimum Gasteiger partial charge on any atom is -0.497 e. The molecule has 4 aromatic rings. The van der Waals surface area contributed by atoms with Crippen LogP contribution < -0.4 is 15.0 Å². The number of methoxy groups -OCH3 is 1. The number of thiophene rings is 1. The maximum Gasteiger partial charge on any atom is 0.225 e. The predicted molar refractivity (Wildman–Crippen MR) is 125 cm³/mol.